The van der Waals surface area contributed by atoms with Crippen molar-refractivity contribution in [1.29, 1.82) is 0 Å². The summed E-state index contributed by atoms with van der Waals surface area (Å²) in [7, 11) is 0. The fourth-order valence-electron chi connectivity index (χ4n) is 0.936. The lowest BCUT2D eigenvalue weighted by molar-refractivity contribution is -0.119. The van der Waals surface area contributed by atoms with Crippen LogP contribution >= 0.6 is 11.6 Å². The van der Waals surface area contributed by atoms with Crippen molar-refractivity contribution < 1.29 is 9.59 Å². The standard InChI is InChI=1S/C10H15ClN2O2/c1-3-5-8(4-2)12-10(15)13-9(14)6-7-11/h1,8H,4-7H2,2H3,(H2,12,13,14,15). The maximum Gasteiger partial charge on any atom is 0.321 e. The van der Waals surface area contributed by atoms with Gasteiger partial charge >= 0.3 is 6.03 Å². The van der Waals surface area contributed by atoms with Gasteiger partial charge in [-0.2, -0.15) is 0 Å². The third kappa shape index (κ3) is 6.81. The molecule has 0 rings (SSSR count). The summed E-state index contributed by atoms with van der Waals surface area (Å²) in [6.45, 7) is 1.91. The average molecular weight is 231 g/mol. The van der Waals surface area contributed by atoms with E-state index in [4.69, 9.17) is 18.0 Å². The Bertz CT molecular complexity index is 261. The summed E-state index contributed by atoms with van der Waals surface area (Å²) in [4.78, 5) is 22.2. The fraction of sp³-hybridized carbons (Fsp3) is 0.600. The summed E-state index contributed by atoms with van der Waals surface area (Å²) in [6.07, 6.45) is 6.42. The molecule has 0 aromatic heterocycles. The van der Waals surface area contributed by atoms with Crippen LogP contribution in [0.3, 0.4) is 0 Å². The number of halogens is 1. The van der Waals surface area contributed by atoms with Crippen LogP contribution in [0.15, 0.2) is 0 Å². The highest BCUT2D eigenvalue weighted by Crippen LogP contribution is 1.95. The van der Waals surface area contributed by atoms with Gasteiger partial charge in [0.1, 0.15) is 0 Å². The molecule has 5 heteroatoms. The summed E-state index contributed by atoms with van der Waals surface area (Å²) in [5, 5.41) is 4.76. The molecule has 4 nitrogen and oxygen atoms in total. The van der Waals surface area contributed by atoms with Crippen molar-refractivity contribution in [3.63, 3.8) is 0 Å². The predicted octanol–water partition coefficient (Wildman–Crippen LogP) is 1.24. The molecule has 0 aliphatic carbocycles. The maximum absolute atomic E-state index is 11.2. The zero-order valence-corrected chi connectivity index (χ0v) is 9.43. The van der Waals surface area contributed by atoms with E-state index in [1.807, 2.05) is 6.92 Å². The SMILES string of the molecule is C#CCC(CC)NC(=O)NC(=O)CCCl. The Morgan fingerprint density at radius 3 is 2.67 bits per heavy atom. The van der Waals surface area contributed by atoms with E-state index in [1.54, 1.807) is 0 Å². The van der Waals surface area contributed by atoms with Gasteiger partial charge in [-0.3, -0.25) is 10.1 Å². The van der Waals surface area contributed by atoms with Crippen LogP contribution in [-0.4, -0.2) is 23.9 Å². The van der Waals surface area contributed by atoms with Gasteiger partial charge in [-0.1, -0.05) is 6.92 Å². The molecular weight excluding hydrogens is 216 g/mol. The highest BCUT2D eigenvalue weighted by molar-refractivity contribution is 6.19. The van der Waals surface area contributed by atoms with Gasteiger partial charge in [0.2, 0.25) is 5.91 Å². The van der Waals surface area contributed by atoms with E-state index in [1.165, 1.54) is 0 Å². The second-order valence-corrected chi connectivity index (χ2v) is 3.35. The van der Waals surface area contributed by atoms with Gasteiger partial charge < -0.3 is 5.32 Å². The largest absolute Gasteiger partial charge is 0.334 e. The molecule has 0 radical (unpaired) electrons. The number of rotatable bonds is 5. The molecule has 3 amide bonds. The van der Waals surface area contributed by atoms with Gasteiger partial charge in [0, 0.05) is 24.8 Å². The minimum atomic E-state index is -0.521. The van der Waals surface area contributed by atoms with E-state index in [-0.39, 0.29) is 18.3 Å². The Labute approximate surface area is 94.7 Å². The molecule has 0 aliphatic rings. The summed E-state index contributed by atoms with van der Waals surface area (Å²) in [5.74, 6) is 2.26. The van der Waals surface area contributed by atoms with Gasteiger partial charge in [0.05, 0.1) is 0 Å². The van der Waals surface area contributed by atoms with Gasteiger partial charge in [-0.25, -0.2) is 4.79 Å². The molecule has 1 atom stereocenters. The van der Waals surface area contributed by atoms with Crippen molar-refractivity contribution in [2.75, 3.05) is 5.88 Å². The van der Waals surface area contributed by atoms with Crippen LogP contribution in [0.5, 0.6) is 0 Å². The first-order valence-corrected chi connectivity index (χ1v) is 5.27. The molecule has 0 aromatic rings. The number of hydrogen-bond acceptors (Lipinski definition) is 2. The molecule has 0 aromatic carbocycles. The molecule has 15 heavy (non-hydrogen) atoms. The van der Waals surface area contributed by atoms with Crippen molar-refractivity contribution in [1.82, 2.24) is 10.6 Å². The van der Waals surface area contributed by atoms with Gasteiger partial charge in [0.15, 0.2) is 0 Å². The molecule has 2 N–H and O–H groups in total. The number of carbonyl (C=O) groups excluding carboxylic acids is 2. The lowest BCUT2D eigenvalue weighted by Crippen LogP contribution is -2.44. The Morgan fingerprint density at radius 1 is 1.53 bits per heavy atom. The molecular formula is C10H15ClN2O2. The van der Waals surface area contributed by atoms with Crippen LogP contribution in [-0.2, 0) is 4.79 Å². The monoisotopic (exact) mass is 230 g/mol. The normalized spacial score (nSPS) is 11.3. The summed E-state index contributed by atoms with van der Waals surface area (Å²) < 4.78 is 0. The van der Waals surface area contributed by atoms with Crippen LogP contribution < -0.4 is 10.6 Å². The number of hydrogen-bond donors (Lipinski definition) is 2. The van der Waals surface area contributed by atoms with E-state index in [0.717, 1.165) is 6.42 Å². The van der Waals surface area contributed by atoms with Crippen molar-refractivity contribution in [3.8, 4) is 12.3 Å². The first-order chi connectivity index (χ1) is 7.13. The van der Waals surface area contributed by atoms with Crippen LogP contribution in [0.2, 0.25) is 0 Å². The number of carbonyl (C=O) groups is 2. The maximum atomic E-state index is 11.2. The molecule has 0 saturated heterocycles. The third-order valence-electron chi connectivity index (χ3n) is 1.77. The Morgan fingerprint density at radius 2 is 2.20 bits per heavy atom. The van der Waals surface area contributed by atoms with Gasteiger partial charge in [-0.05, 0) is 6.42 Å². The summed E-state index contributed by atoms with van der Waals surface area (Å²) in [6, 6.07) is -0.619. The van der Waals surface area contributed by atoms with E-state index in [9.17, 15) is 9.59 Å². The Balaban J connectivity index is 3.91. The Hall–Kier alpha value is -1.21. The lowest BCUT2D eigenvalue weighted by Gasteiger charge is -2.14. The van der Waals surface area contributed by atoms with Crippen molar-refractivity contribution in [3.05, 3.63) is 0 Å². The second kappa shape index (κ2) is 8.13. The molecule has 0 heterocycles. The highest BCUT2D eigenvalue weighted by atomic mass is 35.5. The van der Waals surface area contributed by atoms with E-state index in [0.29, 0.717) is 6.42 Å². The summed E-state index contributed by atoms with van der Waals surface area (Å²) in [5.41, 5.74) is 0. The molecule has 0 spiro atoms. The van der Waals surface area contributed by atoms with E-state index >= 15 is 0 Å². The smallest absolute Gasteiger partial charge is 0.321 e. The molecule has 0 bridgehead atoms. The van der Waals surface area contributed by atoms with E-state index in [2.05, 4.69) is 16.6 Å². The topological polar surface area (TPSA) is 58.2 Å². The van der Waals surface area contributed by atoms with Gasteiger partial charge in [-0.15, -0.1) is 23.9 Å². The van der Waals surface area contributed by atoms with Crippen LogP contribution in [0, 0.1) is 12.3 Å². The van der Waals surface area contributed by atoms with Crippen molar-refractivity contribution in [2.24, 2.45) is 0 Å². The first-order valence-electron chi connectivity index (χ1n) is 4.73. The molecule has 1 unspecified atom stereocenters. The predicted molar refractivity (Wildman–Crippen MR) is 59.5 cm³/mol. The minimum Gasteiger partial charge on any atom is -0.334 e. The second-order valence-electron chi connectivity index (χ2n) is 2.97. The van der Waals surface area contributed by atoms with Crippen molar-refractivity contribution >= 4 is 23.5 Å². The van der Waals surface area contributed by atoms with E-state index < -0.39 is 11.9 Å². The Kier molecular flexibility index (Phi) is 7.47. The van der Waals surface area contributed by atoms with Crippen molar-refractivity contribution in [2.45, 2.75) is 32.2 Å². The average Bonchev–Trinajstić information content (AvgIpc) is 2.17. The molecule has 0 aliphatic heterocycles. The van der Waals surface area contributed by atoms with Crippen LogP contribution in [0.4, 0.5) is 4.79 Å². The zero-order valence-electron chi connectivity index (χ0n) is 8.68. The number of urea groups is 1. The fourth-order valence-corrected chi connectivity index (χ4v) is 1.11. The molecule has 84 valence electrons. The third-order valence-corrected chi connectivity index (χ3v) is 1.96. The quantitative estimate of drug-likeness (QED) is 0.552. The molecule has 0 fully saturated rings. The first kappa shape index (κ1) is 13.8. The zero-order chi connectivity index (χ0) is 11.7. The molecule has 0 saturated carbocycles. The number of terminal acetylenes is 1. The van der Waals surface area contributed by atoms with Crippen LogP contribution in [0.25, 0.3) is 0 Å². The highest BCUT2D eigenvalue weighted by Gasteiger charge is 2.11. The van der Waals surface area contributed by atoms with Gasteiger partial charge in [0.25, 0.3) is 0 Å². The summed E-state index contributed by atoms with van der Waals surface area (Å²) >= 11 is 5.34. The number of alkyl halides is 1. The number of nitrogens with one attached hydrogen (secondary N) is 2. The number of amides is 3. The minimum absolute atomic E-state index is 0.0983. The lowest BCUT2D eigenvalue weighted by atomic mass is 10.2. The van der Waals surface area contributed by atoms with Crippen LogP contribution in [0.1, 0.15) is 26.2 Å². The number of imide groups is 1.